The molecular weight excluding hydrogens is 1400 g/mol. The van der Waals surface area contributed by atoms with Crippen molar-refractivity contribution < 1.29 is 80.7 Å². The minimum absolute atomic E-state index is 0.0312. The number of urea groups is 3. The van der Waals surface area contributed by atoms with Crippen LogP contribution in [0.15, 0.2) is 145 Å². The van der Waals surface area contributed by atoms with Crippen molar-refractivity contribution in [1.29, 1.82) is 0 Å². The molecule has 0 unspecified atom stereocenters. The summed E-state index contributed by atoms with van der Waals surface area (Å²) in [5.74, 6) is -1.99. The van der Waals surface area contributed by atoms with Gasteiger partial charge in [-0.3, -0.25) is 14.4 Å². The summed E-state index contributed by atoms with van der Waals surface area (Å²) < 4.78 is 62.6. The molecule has 3 heterocycles. The number of Topliss-reactive ketones (excluding diaryl/α,β-unsaturated/α-hetero) is 2. The lowest BCUT2D eigenvalue weighted by atomic mass is 9.91. The van der Waals surface area contributed by atoms with E-state index in [9.17, 15) is 41.9 Å². The van der Waals surface area contributed by atoms with E-state index in [1.165, 1.54) is 84.0 Å². The SMILES string of the molecule is CC(=O)O.CCCOc1cc(N)c(C)cc1Cl.CN1C=C(C(=O)O)[C@H](c2ccc(F)cc2)NC1=O.Cc1cc(Cl)c(OCCO)cc1CC(=O)C1=CN(C)C(=O)N[C@H]1c1ccc(F)cc1.Cc1cc(Cl)c(OCCO[Si](C)(C)C(C)(C)C)cc1CC(=O)C1=CN(C)C(=O)N[C@H]1c1ccc(F)cc1. The minimum atomic E-state index is -1.88. The van der Waals surface area contributed by atoms with Crippen LogP contribution in [0.2, 0.25) is 33.2 Å². The molecule has 0 saturated heterocycles. The number of rotatable bonds is 21. The zero-order chi connectivity index (χ0) is 76.1. The van der Waals surface area contributed by atoms with Crippen molar-refractivity contribution in [3.05, 3.63) is 222 Å². The van der Waals surface area contributed by atoms with Crippen molar-refractivity contribution in [2.75, 3.05) is 59.9 Å². The zero-order valence-corrected chi connectivity index (χ0v) is 62.3. The molecule has 0 radical (unpaired) electrons. The maximum atomic E-state index is 13.5. The van der Waals surface area contributed by atoms with Gasteiger partial charge in [0.2, 0.25) is 0 Å². The summed E-state index contributed by atoms with van der Waals surface area (Å²) in [7, 11) is 2.70. The van der Waals surface area contributed by atoms with E-state index in [-0.39, 0.29) is 66.1 Å². The van der Waals surface area contributed by atoms with Crippen LogP contribution in [0.3, 0.4) is 0 Å². The van der Waals surface area contributed by atoms with Crippen LogP contribution < -0.4 is 35.9 Å². The van der Waals surface area contributed by atoms with E-state index in [1.807, 2.05) is 33.8 Å². The van der Waals surface area contributed by atoms with Crippen molar-refractivity contribution in [3.8, 4) is 17.2 Å². The first-order valence-electron chi connectivity index (χ1n) is 32.1. The average Bonchev–Trinajstić information content (AvgIpc) is 0.778. The van der Waals surface area contributed by atoms with E-state index in [0.29, 0.717) is 80.0 Å². The highest BCUT2D eigenvalue weighted by atomic mass is 35.5. The van der Waals surface area contributed by atoms with E-state index in [1.54, 1.807) is 68.7 Å². The molecule has 3 aliphatic heterocycles. The van der Waals surface area contributed by atoms with Crippen LogP contribution in [0.25, 0.3) is 0 Å². The first-order chi connectivity index (χ1) is 47.9. The lowest BCUT2D eigenvalue weighted by molar-refractivity contribution is -0.135. The first-order valence-corrected chi connectivity index (χ1v) is 36.2. The van der Waals surface area contributed by atoms with Gasteiger partial charge in [-0.05, 0) is 157 Å². The predicted octanol–water partition coefficient (Wildman–Crippen LogP) is 14.7. The number of nitrogen functional groups attached to an aromatic ring is 1. The standard InChI is InChI=1S/C28H36ClFN2O4Si.C22H22ClFN2O4.C12H11FN2O3.C10H14ClNO.C2H4O2/c1-18-14-23(29)25(35-12-13-36-37(6,7)28(2,3)4)16-20(18)15-24(33)22-17-32(5)27(34)31-26(22)19-8-10-21(30)11-9-19;1-13-9-18(23)20(30-8-7-27)11-15(13)10-19(28)17-12-26(2)22(29)25-21(17)14-3-5-16(24)6-4-14;1-15-6-9(11(16)17)10(14-12(15)18)7-2-4-8(13)5-3-7;1-3-4-13-10-6-9(12)7(2)5-8(10)11;1-2(3)4/h8-11,14,16-17,26H,12-13,15H2,1-7H3,(H,31,34);3-6,9,11-12,21,27H,7-8,10H2,1-2H3,(H,25,29);2-6,10H,1H3,(H,14,18)(H,16,17);5-6H,3-4,12H2,1-2H3;1H3,(H,3,4)/t26-;21-;10-;;/m000../s1. The van der Waals surface area contributed by atoms with Gasteiger partial charge in [-0.2, -0.15) is 0 Å². The van der Waals surface area contributed by atoms with Gasteiger partial charge in [-0.1, -0.05) is 98.9 Å². The van der Waals surface area contributed by atoms with Crippen molar-refractivity contribution in [2.24, 2.45) is 0 Å². The lowest BCUT2D eigenvalue weighted by Crippen LogP contribution is -2.43. The summed E-state index contributed by atoms with van der Waals surface area (Å²) in [6.07, 6.45) is 5.41. The Morgan fingerprint density at radius 2 is 0.863 bits per heavy atom. The van der Waals surface area contributed by atoms with Crippen LogP contribution in [0, 0.1) is 38.2 Å². The molecule has 3 aliphatic rings. The Kier molecular flexibility index (Phi) is 31.1. The number of carboxylic acid groups (broad SMARTS) is 2. The number of aryl methyl sites for hydroxylation is 3. The highest BCUT2D eigenvalue weighted by molar-refractivity contribution is 6.74. The number of nitrogens with two attached hydrogens (primary N) is 1. The molecule has 548 valence electrons. The fourth-order valence-electron chi connectivity index (χ4n) is 9.69. The maximum absolute atomic E-state index is 13.5. The monoisotopic (exact) mass is 1490 g/mol. The van der Waals surface area contributed by atoms with E-state index >= 15 is 0 Å². The second-order valence-electron chi connectivity index (χ2n) is 25.3. The molecule has 0 saturated carbocycles. The Morgan fingerprint density at radius 1 is 0.539 bits per heavy atom. The highest BCUT2D eigenvalue weighted by Crippen LogP contribution is 2.38. The van der Waals surface area contributed by atoms with Crippen LogP contribution in [0.1, 0.15) is 104 Å². The number of aliphatic carboxylic acids is 2. The molecule has 6 aromatic carbocycles. The summed E-state index contributed by atoms with van der Waals surface area (Å²) in [4.78, 5) is 86.6. The van der Waals surface area contributed by atoms with Crippen LogP contribution in [0.4, 0.5) is 33.2 Å². The molecule has 0 aromatic heterocycles. The molecule has 0 spiro atoms. The molecule has 0 aliphatic carbocycles. The van der Waals surface area contributed by atoms with Gasteiger partial charge in [0.25, 0.3) is 5.97 Å². The Balaban J connectivity index is 0.000000256. The second-order valence-corrected chi connectivity index (χ2v) is 31.4. The minimum Gasteiger partial charge on any atom is -0.492 e. The van der Waals surface area contributed by atoms with Crippen LogP contribution in [-0.4, -0.2) is 134 Å². The highest BCUT2D eigenvalue weighted by Gasteiger charge is 2.38. The quantitative estimate of drug-likeness (QED) is 0.0200. The number of ether oxygens (including phenoxy) is 3. The number of halogens is 6. The van der Waals surface area contributed by atoms with E-state index in [0.717, 1.165) is 51.7 Å². The van der Waals surface area contributed by atoms with Crippen LogP contribution in [0.5, 0.6) is 17.2 Å². The summed E-state index contributed by atoms with van der Waals surface area (Å²) in [6.45, 7) is 21.1. The van der Waals surface area contributed by atoms with Crippen LogP contribution in [-0.2, 0) is 36.4 Å². The summed E-state index contributed by atoms with van der Waals surface area (Å²) in [5, 5.41) is 35.2. The Morgan fingerprint density at radius 3 is 1.21 bits per heavy atom. The molecule has 28 heteroatoms. The number of hydrogen-bond acceptors (Lipinski definition) is 13. The number of carbonyl (C=O) groups excluding carboxylic acids is 5. The molecule has 6 amide bonds. The third-order valence-corrected chi connectivity index (χ3v) is 21.8. The predicted molar refractivity (Wildman–Crippen MR) is 389 cm³/mol. The van der Waals surface area contributed by atoms with Gasteiger partial charge >= 0.3 is 24.1 Å². The molecule has 0 bridgehead atoms. The smallest absolute Gasteiger partial charge is 0.335 e. The number of amides is 6. The Hall–Kier alpha value is -9.37. The number of carbonyl (C=O) groups is 7. The molecular formula is C74H87Cl3F3N7O14Si. The number of ketones is 2. The molecule has 6 aromatic rings. The van der Waals surface area contributed by atoms with Gasteiger partial charge in [0.05, 0.1) is 58.6 Å². The number of aliphatic hydroxyl groups excluding tert-OH is 1. The fourth-order valence-corrected chi connectivity index (χ4v) is 11.5. The number of hydrogen-bond donors (Lipinski definition) is 7. The van der Waals surface area contributed by atoms with Crippen molar-refractivity contribution >= 4 is 90.4 Å². The second kappa shape index (κ2) is 38.1. The number of nitrogens with one attached hydrogen (secondary N) is 3. The van der Waals surface area contributed by atoms with Crippen molar-refractivity contribution in [2.45, 2.75) is 111 Å². The Bertz CT molecular complexity index is 4080. The van der Waals surface area contributed by atoms with Gasteiger partial charge < -0.3 is 70.3 Å². The van der Waals surface area contributed by atoms with Gasteiger partial charge in [-0.25, -0.2) is 32.3 Å². The molecule has 8 N–H and O–H groups in total. The molecule has 21 nitrogen and oxygen atoms in total. The number of aliphatic hydroxyl groups is 1. The normalized spacial score (nSPS) is 15.6. The molecule has 102 heavy (non-hydrogen) atoms. The molecule has 9 rings (SSSR count). The van der Waals surface area contributed by atoms with Crippen molar-refractivity contribution in [1.82, 2.24) is 30.7 Å². The average molecular weight is 1490 g/mol. The van der Waals surface area contributed by atoms with Gasteiger partial charge in [0, 0.05) is 82.4 Å². The van der Waals surface area contributed by atoms with E-state index < -0.39 is 56.0 Å². The molecule has 3 atom stereocenters. The summed E-state index contributed by atoms with van der Waals surface area (Å²) >= 11 is 18.6. The number of anilines is 1. The van der Waals surface area contributed by atoms with E-state index in [2.05, 4.69) is 49.8 Å². The topological polar surface area (TPSA) is 289 Å². The van der Waals surface area contributed by atoms with Gasteiger partial charge in [0.1, 0.15) is 47.9 Å². The third-order valence-electron chi connectivity index (χ3n) is 16.4. The van der Waals surface area contributed by atoms with Gasteiger partial charge in [0.15, 0.2) is 19.9 Å². The van der Waals surface area contributed by atoms with Gasteiger partial charge in [-0.15, -0.1) is 0 Å². The first kappa shape index (κ1) is 83.3. The summed E-state index contributed by atoms with van der Waals surface area (Å²) in [6, 6.07) is 24.1. The largest absolute Gasteiger partial charge is 0.492 e. The maximum Gasteiger partial charge on any atom is 0.335 e. The number of nitrogens with zero attached hydrogens (tertiary/aromatic N) is 3. The molecule has 0 fully saturated rings. The summed E-state index contributed by atoms with van der Waals surface area (Å²) in [5.41, 5.74) is 13.2. The van der Waals surface area contributed by atoms with Crippen molar-refractivity contribution in [3.63, 3.8) is 0 Å². The van der Waals surface area contributed by atoms with Crippen LogP contribution >= 0.6 is 34.8 Å². The fraction of sp³-hybridized carbons (Fsp3) is 0.338. The number of carboxylic acids is 2. The number of benzene rings is 6. The zero-order valence-electron chi connectivity index (χ0n) is 59.0. The van der Waals surface area contributed by atoms with E-state index in [4.69, 9.17) is 79.3 Å². The lowest BCUT2D eigenvalue weighted by Gasteiger charge is -2.36. The Labute approximate surface area is 608 Å². The third kappa shape index (κ3) is 24.1.